The van der Waals surface area contributed by atoms with Gasteiger partial charge >= 0.3 is 0 Å². The Kier molecular flexibility index (Phi) is 11.9. The lowest BCUT2D eigenvalue weighted by Gasteiger charge is -2.31. The molecule has 0 saturated carbocycles. The number of rotatable bonds is 14. The van der Waals surface area contributed by atoms with Crippen LogP contribution in [0.3, 0.4) is 0 Å². The van der Waals surface area contributed by atoms with Crippen LogP contribution in [-0.2, 0) is 43.8 Å². The molecule has 2 aliphatic heterocycles. The summed E-state index contributed by atoms with van der Waals surface area (Å²) >= 11 is 0. The Morgan fingerprint density at radius 2 is 1.71 bits per heavy atom. The Bertz CT molecular complexity index is 1990. The number of ketones is 1. The van der Waals surface area contributed by atoms with Crippen molar-refractivity contribution in [3.05, 3.63) is 65.2 Å². The number of fused-ring (bicyclic) bond motifs is 1. The number of pyridine rings is 1. The lowest BCUT2D eigenvalue weighted by Crippen LogP contribution is -2.38. The van der Waals surface area contributed by atoms with Gasteiger partial charge in [-0.25, -0.2) is 23.4 Å². The summed E-state index contributed by atoms with van der Waals surface area (Å²) < 4.78 is 43.2. The summed E-state index contributed by atoms with van der Waals surface area (Å²) in [6.45, 7) is 5.88. The number of nitrogens with zero attached hydrogens (tertiary/aromatic N) is 4. The monoisotopic (exact) mass is 753 g/mol. The van der Waals surface area contributed by atoms with Gasteiger partial charge in [0.1, 0.15) is 28.0 Å². The van der Waals surface area contributed by atoms with Crippen molar-refractivity contribution in [2.45, 2.75) is 57.6 Å². The maximum Gasteiger partial charge on any atom is 0.232 e. The predicted molar refractivity (Wildman–Crippen MR) is 206 cm³/mol. The highest BCUT2D eigenvalue weighted by Crippen LogP contribution is 2.37. The van der Waals surface area contributed by atoms with Crippen LogP contribution in [0.15, 0.2) is 47.1 Å². The molecule has 12 nitrogen and oxygen atoms in total. The molecule has 0 atom stereocenters. The van der Waals surface area contributed by atoms with Gasteiger partial charge in [-0.3, -0.25) is 14.5 Å². The lowest BCUT2D eigenvalue weighted by molar-refractivity contribution is -0.115. The average Bonchev–Trinajstić information content (AvgIpc) is 3.68. The minimum absolute atomic E-state index is 0.0261. The maximum absolute atomic E-state index is 14.4. The van der Waals surface area contributed by atoms with Gasteiger partial charge in [-0.2, -0.15) is 0 Å². The number of ether oxygens (including phenoxy) is 2. The first-order valence-electron chi connectivity index (χ1n) is 17.9. The summed E-state index contributed by atoms with van der Waals surface area (Å²) in [5.74, 6) is 0.774. The third-order valence-corrected chi connectivity index (χ3v) is 13.0. The Morgan fingerprint density at radius 1 is 1.00 bits per heavy atom. The number of Topliss-reactive ketones (excluding diaryl/α,β-unsaturated/α-hetero) is 1. The number of likely N-dealkylation sites (tertiary alicyclic amines) is 1. The smallest absolute Gasteiger partial charge is 0.232 e. The molecule has 0 bridgehead atoms. The standard InChI is InChI=1S/C38H51N5O7S2/c1-26-20-30(50-41-26)21-35(44)40-33-23-39-38-32(36(33)37(45)29-12-16-48-17-13-29)22-34(43(38)25-49-18-19-51(2,3)4)28-8-6-27(7-9-28)24-42-14-10-31(11-15-42)52(5,46)47/h6-9,20,22-23,29,31H,10-19,21,24-25H2,1-5H3,(H,40,44). The number of benzene rings is 1. The lowest BCUT2D eigenvalue weighted by atomic mass is 9.89. The highest BCUT2D eigenvalue weighted by Gasteiger charge is 2.30. The number of sulfone groups is 1. The Balaban J connectivity index is 1.34. The Morgan fingerprint density at radius 3 is 2.35 bits per heavy atom. The molecule has 2 saturated heterocycles. The summed E-state index contributed by atoms with van der Waals surface area (Å²) in [4.78, 5) is 34.8. The minimum atomic E-state index is -3.02. The van der Waals surface area contributed by atoms with E-state index >= 15 is 0 Å². The van der Waals surface area contributed by atoms with Crippen LogP contribution >= 0.6 is 10.0 Å². The van der Waals surface area contributed by atoms with Crippen molar-refractivity contribution in [1.82, 2.24) is 19.6 Å². The zero-order chi connectivity index (χ0) is 37.0. The molecule has 2 aliphatic rings. The first kappa shape index (κ1) is 38.2. The second kappa shape index (κ2) is 16.2. The summed E-state index contributed by atoms with van der Waals surface area (Å²) in [6.07, 6.45) is 12.2. The predicted octanol–water partition coefficient (Wildman–Crippen LogP) is 5.47. The van der Waals surface area contributed by atoms with Crippen molar-refractivity contribution in [3.8, 4) is 11.3 Å². The third kappa shape index (κ3) is 9.51. The zero-order valence-corrected chi connectivity index (χ0v) is 32.5. The average molecular weight is 754 g/mol. The molecule has 3 aromatic heterocycles. The molecule has 4 aromatic rings. The second-order valence-corrected chi connectivity index (χ2v) is 21.9. The molecule has 5 heterocycles. The van der Waals surface area contributed by atoms with E-state index in [1.165, 1.54) is 6.26 Å². The highest BCUT2D eigenvalue weighted by atomic mass is 32.3. The zero-order valence-electron chi connectivity index (χ0n) is 30.9. The van der Waals surface area contributed by atoms with Crippen molar-refractivity contribution < 1.29 is 32.0 Å². The van der Waals surface area contributed by atoms with Crippen molar-refractivity contribution in [2.24, 2.45) is 5.92 Å². The van der Waals surface area contributed by atoms with Gasteiger partial charge in [-0.1, -0.05) is 29.4 Å². The maximum atomic E-state index is 14.4. The van der Waals surface area contributed by atoms with E-state index in [1.807, 2.05) is 10.6 Å². The number of carbonyl (C=O) groups is 2. The SMILES string of the molecule is Cc1cc(CC(=O)Nc2cnc3c(cc(-c4ccc(CN5CCC(S(C)(=O)=O)CC5)cc4)n3COCCS(C)(C)C)c2C(=O)C2CCOCC2)on1. The fourth-order valence-corrected chi connectivity index (χ4v) is 8.63. The van der Waals surface area contributed by atoms with Crippen molar-refractivity contribution in [3.63, 3.8) is 0 Å². The molecule has 0 spiro atoms. The molecule has 52 heavy (non-hydrogen) atoms. The summed E-state index contributed by atoms with van der Waals surface area (Å²) in [7, 11) is -3.78. The minimum Gasteiger partial charge on any atom is -0.381 e. The van der Waals surface area contributed by atoms with E-state index in [4.69, 9.17) is 19.0 Å². The molecule has 14 heteroatoms. The number of carbonyl (C=O) groups excluding carboxylic acids is 2. The van der Waals surface area contributed by atoms with Crippen LogP contribution < -0.4 is 5.32 Å². The van der Waals surface area contributed by atoms with Gasteiger partial charge in [0, 0.05) is 49.1 Å². The van der Waals surface area contributed by atoms with Gasteiger partial charge in [0.25, 0.3) is 0 Å². The van der Waals surface area contributed by atoms with Crippen LogP contribution in [0, 0.1) is 12.8 Å². The van der Waals surface area contributed by atoms with E-state index in [2.05, 4.69) is 58.4 Å². The highest BCUT2D eigenvalue weighted by molar-refractivity contribution is 8.32. The molecule has 0 unspecified atom stereocenters. The van der Waals surface area contributed by atoms with Gasteiger partial charge < -0.3 is 23.9 Å². The van der Waals surface area contributed by atoms with E-state index in [1.54, 1.807) is 19.2 Å². The van der Waals surface area contributed by atoms with E-state index in [0.717, 1.165) is 42.2 Å². The summed E-state index contributed by atoms with van der Waals surface area (Å²) in [5, 5.41) is 7.24. The number of hydrogen-bond acceptors (Lipinski definition) is 10. The second-order valence-electron chi connectivity index (χ2n) is 15.0. The van der Waals surface area contributed by atoms with Gasteiger partial charge in [0.2, 0.25) is 5.91 Å². The molecular weight excluding hydrogens is 703 g/mol. The molecular formula is C38H51N5O7S2. The number of anilines is 1. The third-order valence-electron chi connectivity index (χ3n) is 9.90. The van der Waals surface area contributed by atoms with Crippen LogP contribution in [0.5, 0.6) is 0 Å². The van der Waals surface area contributed by atoms with Gasteiger partial charge in [-0.15, -0.1) is 0 Å². The number of aromatic nitrogens is 3. The van der Waals surface area contributed by atoms with E-state index in [9.17, 15) is 18.0 Å². The van der Waals surface area contributed by atoms with Gasteiger partial charge in [0.15, 0.2) is 5.78 Å². The van der Waals surface area contributed by atoms with Gasteiger partial charge in [0.05, 0.1) is 47.1 Å². The molecule has 282 valence electrons. The number of piperidine rings is 1. The number of aryl methyl sites for hydroxylation is 1. The fourth-order valence-electron chi connectivity index (χ4n) is 6.94. The largest absolute Gasteiger partial charge is 0.381 e. The Labute approximate surface area is 307 Å². The molecule has 6 rings (SSSR count). The van der Waals surface area contributed by atoms with Crippen LogP contribution in [0.25, 0.3) is 22.3 Å². The van der Waals surface area contributed by atoms with Crippen LogP contribution in [0.1, 0.15) is 53.1 Å². The van der Waals surface area contributed by atoms with Crippen LogP contribution in [-0.4, -0.2) is 109 Å². The molecule has 1 amide bonds. The summed E-state index contributed by atoms with van der Waals surface area (Å²) in [5.41, 5.74) is 5.02. The fraction of sp³-hybridized carbons (Fsp3) is 0.526. The Hall–Kier alpha value is -3.56. The van der Waals surface area contributed by atoms with Crippen molar-refractivity contribution >= 4 is 48.3 Å². The normalized spacial score (nSPS) is 17.1. The van der Waals surface area contributed by atoms with Crippen molar-refractivity contribution in [1.29, 1.82) is 0 Å². The van der Waals surface area contributed by atoms with E-state index < -0.39 is 19.9 Å². The topological polar surface area (TPSA) is 146 Å². The van der Waals surface area contributed by atoms with E-state index in [0.29, 0.717) is 79.2 Å². The number of nitrogens with one attached hydrogen (secondary N) is 1. The molecule has 1 N–H and O–H groups in total. The summed E-state index contributed by atoms with van der Waals surface area (Å²) in [6, 6.07) is 12.1. The first-order chi connectivity index (χ1) is 24.7. The quantitative estimate of drug-likeness (QED) is 0.130. The first-order valence-corrected chi connectivity index (χ1v) is 22.8. The van der Waals surface area contributed by atoms with Crippen LogP contribution in [0.4, 0.5) is 5.69 Å². The number of amides is 1. The van der Waals surface area contributed by atoms with Gasteiger partial charge in [-0.05, 0) is 81.7 Å². The van der Waals surface area contributed by atoms with Crippen LogP contribution in [0.2, 0.25) is 0 Å². The van der Waals surface area contributed by atoms with Crippen molar-refractivity contribution in [2.75, 3.05) is 69.0 Å². The molecule has 1 aromatic carbocycles. The molecule has 0 aliphatic carbocycles. The van der Waals surface area contributed by atoms with E-state index in [-0.39, 0.29) is 36.0 Å². The number of hydrogen-bond donors (Lipinski definition) is 1. The molecule has 2 fully saturated rings. The molecule has 0 radical (unpaired) electrons.